The highest BCUT2D eigenvalue weighted by Gasteiger charge is 2.59. The highest BCUT2D eigenvalue weighted by molar-refractivity contribution is 7.72. The molecule has 700 valence electrons. The highest BCUT2D eigenvalue weighted by Crippen LogP contribution is 2.69. The van der Waals surface area contributed by atoms with E-state index in [1.54, 1.807) is 13.8 Å². The van der Waals surface area contributed by atoms with Crippen molar-refractivity contribution in [3.8, 4) is 57.1 Å². The molecule has 11 bridgehead atoms. The number of fused-ring (bicyclic) bond motifs is 15. The molecular weight excluding hydrogens is 1780 g/mol. The molecule has 0 aromatic heterocycles. The van der Waals surface area contributed by atoms with E-state index in [1.807, 2.05) is 5.32 Å². The minimum atomic E-state index is -6.05. The standard InChI is InChI=1S/C78H99Cl2N11O35P2/c1-29(2)16-41(84-7)67(102)90-57-59(97)33-9-12-45(39(79)18-33)121-47-20-35-21-48(63(47)126-74-64(61(99)60(98)49(27-92)123-74)125-52-26-77(6,83)66(101)31(4)120-52)122-46-13-10-34(19-40(46)80)62(124-51-25-76(5,82)65(100)30(3)119-51)58-72(107)89-56(73(108)117-28-118-75(109)85-15-14-78(110,127(111,112)113)128(114,115)116)38-22-36(93)23-44(95)53(38)37-17-32(8-11-43(37)94)54(69(104)91-58)88-70(105)55(35)87-68(103)42(24-50(81)96)86-71(57)106/h8-13,17-23,29-31,41-42,49,51-52,54-62,64-66,74,84,92-95,97-101,110H,14-16,24-28,82-83H2,1-7H3,(H2,81,96)(H,85,109)(H,86,106)(H,87,103)(H,88,105)(H,89,107)(H,90,102)(H,91,104)(H2,111,112,113)(H2,114,115,116)/t30-,31-,41+,42-,49+,51-,52-,54+,55+,56-,57+,58-,59+,60+,61-,62+,64+,65-,66-,74-,76-,77-/m0/s1. The molecule has 5 aromatic carbocycles. The van der Waals surface area contributed by atoms with Crippen LogP contribution < -0.4 is 73.9 Å². The second-order valence-electron chi connectivity index (χ2n) is 32.5. The monoisotopic (exact) mass is 1880 g/mol. The number of carbonyl (C=O) groups excluding carboxylic acids is 9. The van der Waals surface area contributed by atoms with Gasteiger partial charge in [-0.25, -0.2) is 9.59 Å². The molecule has 0 spiro atoms. The maximum Gasteiger partial charge on any atom is 0.410 e. The number of nitrogens with one attached hydrogen (secondary N) is 8. The van der Waals surface area contributed by atoms with E-state index in [1.165, 1.54) is 46.9 Å². The fraction of sp³-hybridized carbons (Fsp3) is 0.500. The molecule has 5 aromatic rings. The van der Waals surface area contributed by atoms with Crippen LogP contribution in [0.5, 0.6) is 46.0 Å². The number of phenols is 3. The summed E-state index contributed by atoms with van der Waals surface area (Å²) in [5.74, 6) is -17.4. The Kier molecular flexibility index (Phi) is 30.5. The van der Waals surface area contributed by atoms with Crippen LogP contribution in [0, 0.1) is 5.92 Å². The van der Waals surface area contributed by atoms with Gasteiger partial charge >= 0.3 is 27.3 Å². The summed E-state index contributed by atoms with van der Waals surface area (Å²) in [7, 11) is -10.7. The van der Waals surface area contributed by atoms with Crippen molar-refractivity contribution < 1.29 is 170 Å². The van der Waals surface area contributed by atoms with Crippen LogP contribution in [-0.4, -0.2) is 259 Å². The zero-order valence-corrected chi connectivity index (χ0v) is 72.3. The Morgan fingerprint density at radius 1 is 0.664 bits per heavy atom. The van der Waals surface area contributed by atoms with Crippen LogP contribution in [0.25, 0.3) is 11.1 Å². The Balaban J connectivity index is 1.15. The first kappa shape index (κ1) is 98.8. The molecule has 0 aliphatic carbocycles. The van der Waals surface area contributed by atoms with E-state index in [-0.39, 0.29) is 29.9 Å². The minimum absolute atomic E-state index is 0.153. The van der Waals surface area contributed by atoms with E-state index in [0.29, 0.717) is 6.07 Å². The number of primary amides is 1. The van der Waals surface area contributed by atoms with Gasteiger partial charge in [0.1, 0.15) is 89.5 Å². The largest absolute Gasteiger partial charge is 0.508 e. The van der Waals surface area contributed by atoms with Gasteiger partial charge in [-0.2, -0.15) is 0 Å². The minimum Gasteiger partial charge on any atom is -0.508 e. The molecule has 8 heterocycles. The summed E-state index contributed by atoms with van der Waals surface area (Å²) in [5.41, 5.74) is 12.4. The number of ether oxygens (including phenoxy) is 10. The number of alkyl carbamates (subject to hydrolysis) is 1. The molecule has 0 radical (unpaired) electrons. The van der Waals surface area contributed by atoms with E-state index in [4.69, 9.17) is 87.8 Å². The average Bonchev–Trinajstić information content (AvgIpc) is 0.764. The summed E-state index contributed by atoms with van der Waals surface area (Å²) >= 11 is 14.6. The van der Waals surface area contributed by atoms with Crippen LogP contribution in [0.3, 0.4) is 0 Å². The number of aliphatic hydroxyl groups excluding tert-OH is 6. The maximum absolute atomic E-state index is 16.6. The van der Waals surface area contributed by atoms with E-state index in [0.717, 1.165) is 60.7 Å². The van der Waals surface area contributed by atoms with Crippen LogP contribution in [0.1, 0.15) is 132 Å². The molecule has 8 aliphatic rings. The Bertz CT molecular complexity index is 5140. The van der Waals surface area contributed by atoms with Crippen molar-refractivity contribution in [2.75, 3.05) is 27.0 Å². The van der Waals surface area contributed by atoms with Gasteiger partial charge in [0.15, 0.2) is 36.2 Å². The molecule has 8 amide bonds. The van der Waals surface area contributed by atoms with E-state index in [2.05, 4.69) is 37.2 Å². The van der Waals surface area contributed by atoms with Crippen LogP contribution in [0.4, 0.5) is 4.79 Å². The number of hydrogen-bond donors (Lipinski definition) is 25. The van der Waals surface area contributed by atoms with Crippen molar-refractivity contribution in [2.24, 2.45) is 23.1 Å². The second kappa shape index (κ2) is 39.5. The first-order valence-electron chi connectivity index (χ1n) is 39.6. The normalized spacial score (nSPS) is 29.7. The Labute approximate surface area is 737 Å². The molecule has 13 rings (SSSR count). The lowest BCUT2D eigenvalue weighted by Gasteiger charge is -2.47. The number of likely N-dealkylation sites (N-methyl/N-ethyl adjacent to an activating group) is 1. The molecule has 46 nitrogen and oxygen atoms in total. The van der Waals surface area contributed by atoms with Gasteiger partial charge < -0.3 is 178 Å². The van der Waals surface area contributed by atoms with Crippen molar-refractivity contribution >= 4 is 91.8 Å². The van der Waals surface area contributed by atoms with Crippen molar-refractivity contribution in [2.45, 2.75) is 212 Å². The quantitative estimate of drug-likeness (QED) is 0.0222. The van der Waals surface area contributed by atoms with Gasteiger partial charge in [-0.3, -0.25) is 42.7 Å². The zero-order chi connectivity index (χ0) is 94.2. The summed E-state index contributed by atoms with van der Waals surface area (Å²) in [6.45, 7) is 5.62. The summed E-state index contributed by atoms with van der Waals surface area (Å²) in [5, 5.41) is 130. The van der Waals surface area contributed by atoms with Gasteiger partial charge in [0.25, 0.3) is 5.08 Å². The summed E-state index contributed by atoms with van der Waals surface area (Å²) < 4.78 is 86.1. The zero-order valence-electron chi connectivity index (χ0n) is 69.0. The number of benzene rings is 5. The molecule has 28 N–H and O–H groups in total. The lowest BCUT2D eigenvalue weighted by Crippen LogP contribution is -2.64. The number of phenolic OH excluding ortho intramolecular Hbond substituents is 3. The second-order valence-corrected chi connectivity index (χ2v) is 37.3. The summed E-state index contributed by atoms with van der Waals surface area (Å²) in [4.78, 5) is 174. The van der Waals surface area contributed by atoms with Crippen molar-refractivity contribution in [3.63, 3.8) is 0 Å². The van der Waals surface area contributed by atoms with Crippen LogP contribution in [0.15, 0.2) is 78.9 Å². The number of carbonyl (C=O) groups is 9. The molecule has 3 saturated heterocycles. The van der Waals surface area contributed by atoms with Gasteiger partial charge in [-0.05, 0) is 124 Å². The summed E-state index contributed by atoms with van der Waals surface area (Å²) in [6, 6.07) is -2.24. The maximum atomic E-state index is 16.6. The Morgan fingerprint density at radius 3 is 1.79 bits per heavy atom. The predicted molar refractivity (Wildman–Crippen MR) is 437 cm³/mol. The van der Waals surface area contributed by atoms with Gasteiger partial charge in [0, 0.05) is 59.6 Å². The number of esters is 1. The van der Waals surface area contributed by atoms with Gasteiger partial charge in [0.05, 0.1) is 53.5 Å². The number of aliphatic hydroxyl groups is 7. The predicted octanol–water partition coefficient (Wildman–Crippen LogP) is -1.12. The molecule has 3 fully saturated rings. The molecule has 128 heavy (non-hydrogen) atoms. The number of halogens is 2. The number of nitrogens with two attached hydrogens (primary N) is 3. The van der Waals surface area contributed by atoms with Crippen molar-refractivity contribution in [1.82, 2.24) is 42.5 Å². The lowest BCUT2D eigenvalue weighted by atomic mass is 9.86. The van der Waals surface area contributed by atoms with E-state index in [9.17, 15) is 94.2 Å². The average molecular weight is 1880 g/mol. The lowest BCUT2D eigenvalue weighted by molar-refractivity contribution is -0.333. The third-order valence-corrected chi connectivity index (χ3v) is 26.6. The van der Waals surface area contributed by atoms with E-state index < -0.39 is 330 Å². The van der Waals surface area contributed by atoms with Crippen LogP contribution in [0.2, 0.25) is 10.0 Å². The van der Waals surface area contributed by atoms with Crippen LogP contribution in [-0.2, 0) is 80.6 Å². The smallest absolute Gasteiger partial charge is 0.410 e. The van der Waals surface area contributed by atoms with Gasteiger partial charge in [-0.1, -0.05) is 55.2 Å². The van der Waals surface area contributed by atoms with Gasteiger partial charge in [0.2, 0.25) is 60.2 Å². The first-order chi connectivity index (χ1) is 59.8. The van der Waals surface area contributed by atoms with Gasteiger partial charge in [-0.15, -0.1) is 0 Å². The fourth-order valence-electron chi connectivity index (χ4n) is 15.3. The van der Waals surface area contributed by atoms with E-state index >= 15 is 28.8 Å². The Morgan fingerprint density at radius 2 is 1.23 bits per heavy atom. The molecule has 0 unspecified atom stereocenters. The van der Waals surface area contributed by atoms with Crippen molar-refractivity contribution in [1.29, 1.82) is 0 Å². The Hall–Kier alpha value is -9.79. The highest BCUT2D eigenvalue weighted by atomic mass is 35.5. The third kappa shape index (κ3) is 21.8. The number of rotatable bonds is 22. The van der Waals surface area contributed by atoms with Crippen molar-refractivity contribution in [3.05, 3.63) is 117 Å². The topological polar surface area (TPSA) is 738 Å². The molecule has 8 aliphatic heterocycles. The fourth-order valence-corrected chi connectivity index (χ4v) is 17.9. The number of hydrogen-bond acceptors (Lipinski definition) is 34. The molecule has 0 saturated carbocycles. The number of aromatic hydroxyl groups is 3. The number of amides is 8. The first-order valence-corrected chi connectivity index (χ1v) is 43.6. The molecule has 50 heteroatoms. The molecule has 22 atom stereocenters. The SMILES string of the molecule is CN[C@H](CC(C)C)C(=O)N[C@H]1C(=O)N[C@@H](CC(N)=O)C(=O)N[C@H]2C(=O)N[C@H]3C(=O)N[C@H](C(=O)N[C@H](C(=O)OCOC(=O)NCCC(O)(P(=O)(O)O)P(=O)(O)O)c4cc(O)cc(O)c4-c4cc3ccc4O)[C@H](O[C@H]3C[C@](C)(N)[C@@H](O)[C@H](C)O3)c3ccc(c(Cl)c3)Oc3cc2cc(c3O[C@@H]2O[C@H](CO)[C@@H](O)[C@H](O)[C@H]2O[C@H]2C[C@](C)(N)[C@@H](O)[C@H](C)O2)Oc2ccc(cc2Cl)[C@H]1O. The van der Waals surface area contributed by atoms with Crippen LogP contribution >= 0.6 is 38.4 Å². The summed E-state index contributed by atoms with van der Waals surface area (Å²) in [6.07, 6.45) is -27.3. The molecular formula is C78H99Cl2N11O35P2. The third-order valence-electron chi connectivity index (χ3n) is 22.2.